The van der Waals surface area contributed by atoms with Gasteiger partial charge in [0.25, 0.3) is 15.9 Å². The van der Waals surface area contributed by atoms with Crippen LogP contribution in [0.15, 0.2) is 41.3 Å². The van der Waals surface area contributed by atoms with E-state index in [-0.39, 0.29) is 21.4 Å². The SMILES string of the molecule is Cc1ccc(C)c(NS(=O)(=O)c2cc(C(=O)NCCCN3CCCC3)ccc2Cl)c1. The number of benzene rings is 2. The van der Waals surface area contributed by atoms with Crippen LogP contribution < -0.4 is 10.0 Å². The Bertz CT molecular complexity index is 1020. The minimum absolute atomic E-state index is 0.0680. The summed E-state index contributed by atoms with van der Waals surface area (Å²) in [7, 11) is -3.94. The van der Waals surface area contributed by atoms with Gasteiger partial charge >= 0.3 is 0 Å². The molecule has 8 heteroatoms. The highest BCUT2D eigenvalue weighted by Crippen LogP contribution is 2.27. The number of rotatable bonds is 8. The first kappa shape index (κ1) is 22.6. The molecule has 0 saturated carbocycles. The largest absolute Gasteiger partial charge is 0.352 e. The maximum Gasteiger partial charge on any atom is 0.263 e. The molecule has 1 aliphatic rings. The fourth-order valence-corrected chi connectivity index (χ4v) is 5.16. The normalized spacial score (nSPS) is 14.6. The van der Waals surface area contributed by atoms with Gasteiger partial charge in [0.15, 0.2) is 0 Å². The Morgan fingerprint density at radius 1 is 1.10 bits per heavy atom. The van der Waals surface area contributed by atoms with Gasteiger partial charge in [-0.25, -0.2) is 8.42 Å². The first-order valence-corrected chi connectivity index (χ1v) is 12.0. The van der Waals surface area contributed by atoms with E-state index in [1.165, 1.54) is 31.0 Å². The number of hydrogen-bond donors (Lipinski definition) is 2. The first-order valence-electron chi connectivity index (χ1n) is 10.2. The third-order valence-electron chi connectivity index (χ3n) is 5.26. The number of hydrogen-bond acceptors (Lipinski definition) is 4. The zero-order valence-electron chi connectivity index (χ0n) is 17.4. The summed E-state index contributed by atoms with van der Waals surface area (Å²) < 4.78 is 28.5. The number of halogens is 1. The van der Waals surface area contributed by atoms with Crippen LogP contribution in [0.1, 0.15) is 40.7 Å². The Morgan fingerprint density at radius 2 is 1.83 bits per heavy atom. The zero-order valence-corrected chi connectivity index (χ0v) is 18.9. The number of amides is 1. The Labute approximate surface area is 183 Å². The van der Waals surface area contributed by atoms with Crippen molar-refractivity contribution in [2.75, 3.05) is 30.9 Å². The van der Waals surface area contributed by atoms with Crippen molar-refractivity contribution in [3.05, 3.63) is 58.1 Å². The Kier molecular flexibility index (Phi) is 7.39. The third-order valence-corrected chi connectivity index (χ3v) is 7.10. The van der Waals surface area contributed by atoms with Gasteiger partial charge in [-0.1, -0.05) is 23.7 Å². The zero-order chi connectivity index (χ0) is 21.7. The molecule has 3 rings (SSSR count). The van der Waals surface area contributed by atoms with Crippen molar-refractivity contribution in [3.8, 4) is 0 Å². The number of nitrogens with one attached hydrogen (secondary N) is 2. The van der Waals surface area contributed by atoms with Gasteiger partial charge in [0, 0.05) is 12.1 Å². The molecule has 6 nitrogen and oxygen atoms in total. The monoisotopic (exact) mass is 449 g/mol. The van der Waals surface area contributed by atoms with Gasteiger partial charge in [0.05, 0.1) is 10.7 Å². The minimum atomic E-state index is -3.94. The van der Waals surface area contributed by atoms with Crippen molar-refractivity contribution < 1.29 is 13.2 Å². The van der Waals surface area contributed by atoms with Crippen molar-refractivity contribution in [2.24, 2.45) is 0 Å². The standard InChI is InChI=1S/C22H28ClN3O3S/c1-16-6-7-17(2)20(14-16)25-30(28,29)21-15-18(8-9-19(21)23)22(27)24-10-5-13-26-11-3-4-12-26/h6-9,14-15,25H,3-5,10-13H2,1-2H3,(H,24,27). The van der Waals surface area contributed by atoms with Gasteiger partial charge < -0.3 is 10.2 Å². The summed E-state index contributed by atoms with van der Waals surface area (Å²) >= 11 is 6.17. The van der Waals surface area contributed by atoms with Crippen LogP contribution in [0.2, 0.25) is 5.02 Å². The Morgan fingerprint density at radius 3 is 2.57 bits per heavy atom. The van der Waals surface area contributed by atoms with Crippen molar-refractivity contribution >= 4 is 33.2 Å². The van der Waals surface area contributed by atoms with E-state index in [1.807, 2.05) is 26.0 Å². The van der Waals surface area contributed by atoms with Crippen LogP contribution in [-0.4, -0.2) is 45.4 Å². The van der Waals surface area contributed by atoms with Gasteiger partial charge in [-0.3, -0.25) is 9.52 Å². The van der Waals surface area contributed by atoms with Gasteiger partial charge in [-0.2, -0.15) is 0 Å². The molecule has 1 saturated heterocycles. The first-order chi connectivity index (χ1) is 14.3. The van der Waals surface area contributed by atoms with Gasteiger partial charge in [-0.05, 0) is 88.1 Å². The van der Waals surface area contributed by atoms with E-state index < -0.39 is 10.0 Å². The molecule has 0 unspecified atom stereocenters. The highest BCUT2D eigenvalue weighted by atomic mass is 35.5. The minimum Gasteiger partial charge on any atom is -0.352 e. The quantitative estimate of drug-likeness (QED) is 0.597. The summed E-state index contributed by atoms with van der Waals surface area (Å²) in [6.07, 6.45) is 3.34. The topological polar surface area (TPSA) is 78.5 Å². The summed E-state index contributed by atoms with van der Waals surface area (Å²) in [5.41, 5.74) is 2.49. The Hall–Kier alpha value is -2.09. The summed E-state index contributed by atoms with van der Waals surface area (Å²) in [5, 5.41) is 2.93. The summed E-state index contributed by atoms with van der Waals surface area (Å²) in [6.45, 7) is 7.46. The number of nitrogens with zero attached hydrogens (tertiary/aromatic N) is 1. The molecular weight excluding hydrogens is 422 g/mol. The van der Waals surface area contributed by atoms with Crippen LogP contribution in [0.25, 0.3) is 0 Å². The molecule has 30 heavy (non-hydrogen) atoms. The summed E-state index contributed by atoms with van der Waals surface area (Å²) in [5.74, 6) is -0.309. The van der Waals surface area contributed by atoms with E-state index in [0.29, 0.717) is 12.2 Å². The van der Waals surface area contributed by atoms with Crippen LogP contribution in [0, 0.1) is 13.8 Å². The van der Waals surface area contributed by atoms with E-state index in [2.05, 4.69) is 14.9 Å². The van der Waals surface area contributed by atoms with E-state index in [9.17, 15) is 13.2 Å². The van der Waals surface area contributed by atoms with Crippen molar-refractivity contribution in [1.82, 2.24) is 10.2 Å². The molecule has 1 heterocycles. The summed E-state index contributed by atoms with van der Waals surface area (Å²) in [4.78, 5) is 14.8. The number of anilines is 1. The maximum atomic E-state index is 12.9. The fourth-order valence-electron chi connectivity index (χ4n) is 3.51. The molecule has 162 valence electrons. The smallest absolute Gasteiger partial charge is 0.263 e. The lowest BCUT2D eigenvalue weighted by Gasteiger charge is -2.15. The van der Waals surface area contributed by atoms with Crippen LogP contribution in [0.3, 0.4) is 0 Å². The lowest BCUT2D eigenvalue weighted by molar-refractivity contribution is 0.0952. The second kappa shape index (κ2) is 9.81. The van der Waals surface area contributed by atoms with E-state index in [0.717, 1.165) is 37.2 Å². The maximum absolute atomic E-state index is 12.9. The predicted molar refractivity (Wildman–Crippen MR) is 121 cm³/mol. The van der Waals surface area contributed by atoms with E-state index in [4.69, 9.17) is 11.6 Å². The number of carbonyl (C=O) groups is 1. The molecule has 0 atom stereocenters. The molecule has 2 aromatic carbocycles. The number of sulfonamides is 1. The van der Waals surface area contributed by atoms with Crippen molar-refractivity contribution in [3.63, 3.8) is 0 Å². The molecule has 1 aliphatic heterocycles. The number of carbonyl (C=O) groups excluding carboxylic acids is 1. The van der Waals surface area contributed by atoms with Crippen LogP contribution in [-0.2, 0) is 10.0 Å². The molecule has 2 aromatic rings. The lowest BCUT2D eigenvalue weighted by Crippen LogP contribution is -2.28. The van der Waals surface area contributed by atoms with E-state index >= 15 is 0 Å². The van der Waals surface area contributed by atoms with Gasteiger partial charge in [0.2, 0.25) is 0 Å². The molecular formula is C22H28ClN3O3S. The second-order valence-corrected chi connectivity index (χ2v) is 9.79. The number of aryl methyl sites for hydroxylation is 2. The van der Waals surface area contributed by atoms with Gasteiger partial charge in [-0.15, -0.1) is 0 Å². The second-order valence-electron chi connectivity index (χ2n) is 7.73. The molecule has 0 bridgehead atoms. The van der Waals surface area contributed by atoms with Crippen LogP contribution in [0.4, 0.5) is 5.69 Å². The highest BCUT2D eigenvalue weighted by molar-refractivity contribution is 7.92. The average Bonchev–Trinajstić information content (AvgIpc) is 3.21. The molecule has 0 spiro atoms. The highest BCUT2D eigenvalue weighted by Gasteiger charge is 2.21. The third kappa shape index (κ3) is 5.74. The molecule has 1 amide bonds. The molecule has 1 fully saturated rings. The van der Waals surface area contributed by atoms with Crippen molar-refractivity contribution in [1.29, 1.82) is 0 Å². The van der Waals surface area contributed by atoms with Gasteiger partial charge in [0.1, 0.15) is 4.90 Å². The molecule has 0 radical (unpaired) electrons. The summed E-state index contributed by atoms with van der Waals surface area (Å²) in [6, 6.07) is 9.83. The predicted octanol–water partition coefficient (Wildman–Crippen LogP) is 3.97. The number of likely N-dealkylation sites (tertiary alicyclic amines) is 1. The molecule has 0 aromatic heterocycles. The fraction of sp³-hybridized carbons (Fsp3) is 0.409. The average molecular weight is 450 g/mol. The van der Waals surface area contributed by atoms with Crippen LogP contribution >= 0.6 is 11.6 Å². The molecule has 0 aliphatic carbocycles. The van der Waals surface area contributed by atoms with Crippen LogP contribution in [0.5, 0.6) is 0 Å². The van der Waals surface area contributed by atoms with E-state index in [1.54, 1.807) is 6.07 Å². The molecule has 2 N–H and O–H groups in total. The Balaban J connectivity index is 1.68. The lowest BCUT2D eigenvalue weighted by atomic mass is 10.1. The van der Waals surface area contributed by atoms with Crippen molar-refractivity contribution in [2.45, 2.75) is 38.0 Å².